The quantitative estimate of drug-likeness (QED) is 0.148. The molecule has 4 saturated heterocycles. The monoisotopic (exact) mass is 924 g/mol. The molecule has 19 heteroatoms. The summed E-state index contributed by atoms with van der Waals surface area (Å²) in [4.78, 5) is 59.0. The molecular weight excluding hydrogens is 870 g/mol. The molecule has 348 valence electrons. The van der Waals surface area contributed by atoms with Crippen molar-refractivity contribution in [3.63, 3.8) is 0 Å². The lowest BCUT2D eigenvalue weighted by Gasteiger charge is -2.47. The molecule has 2 unspecified atom stereocenters. The average molecular weight is 925 g/mol. The highest BCUT2D eigenvalue weighted by Gasteiger charge is 2.51. The van der Waals surface area contributed by atoms with Crippen molar-refractivity contribution in [2.24, 2.45) is 31.3 Å². The number of aromatic nitrogens is 6. The molecule has 5 aromatic rings. The van der Waals surface area contributed by atoms with E-state index in [-0.39, 0.29) is 29.2 Å². The molecular formula is C47H55ClF2N12O4. The lowest BCUT2D eigenvalue weighted by molar-refractivity contribution is -0.134. The van der Waals surface area contributed by atoms with E-state index in [1.807, 2.05) is 11.7 Å². The van der Waals surface area contributed by atoms with E-state index in [4.69, 9.17) is 26.4 Å². The Labute approximate surface area is 385 Å². The molecule has 1 aliphatic carbocycles. The van der Waals surface area contributed by atoms with Gasteiger partial charge in [-0.25, -0.2) is 18.7 Å². The van der Waals surface area contributed by atoms with E-state index in [2.05, 4.69) is 58.8 Å². The van der Waals surface area contributed by atoms with E-state index in [0.29, 0.717) is 70.5 Å². The molecule has 2 amide bonds. The van der Waals surface area contributed by atoms with Crippen molar-refractivity contribution in [3.8, 4) is 5.75 Å². The van der Waals surface area contributed by atoms with Crippen LogP contribution in [-0.4, -0.2) is 110 Å². The van der Waals surface area contributed by atoms with Crippen LogP contribution in [0.1, 0.15) is 75.8 Å². The zero-order valence-electron chi connectivity index (χ0n) is 37.3. The highest BCUT2D eigenvalue weighted by atomic mass is 35.5. The first-order chi connectivity index (χ1) is 31.8. The molecule has 6 aliphatic rings. The first kappa shape index (κ1) is 43.0. The molecule has 2 atom stereocenters. The van der Waals surface area contributed by atoms with Crippen molar-refractivity contribution >= 4 is 74.2 Å². The summed E-state index contributed by atoms with van der Waals surface area (Å²) in [5, 5.41) is 15.3. The van der Waals surface area contributed by atoms with Gasteiger partial charge in [0.05, 0.1) is 46.9 Å². The molecule has 16 nitrogen and oxygen atoms in total. The number of fused-ring (bicyclic) bond motifs is 4. The zero-order chi connectivity index (χ0) is 45.5. The predicted octanol–water partition coefficient (Wildman–Crippen LogP) is 6.34. The SMILES string of the molecule is Cn1nc(C2CCC(=O)NC2=O)c2ccc(N3CCC(CN4CCC5(CC4)CCN(c4ncc(Cl)c(Nc6cnc7c(c6)c6c(c(=O)n7C)OCC(F)(F)C(C7CC7)N6)n4)CC5)CC3)cc21. The molecule has 5 aliphatic heterocycles. The number of imide groups is 1. The minimum atomic E-state index is -3.14. The maximum absolute atomic E-state index is 15.2. The Morgan fingerprint density at radius 3 is 2.39 bits per heavy atom. The van der Waals surface area contributed by atoms with Crippen LogP contribution >= 0.6 is 11.6 Å². The van der Waals surface area contributed by atoms with Crippen LogP contribution < -0.4 is 36.0 Å². The lowest BCUT2D eigenvalue weighted by atomic mass is 9.71. The van der Waals surface area contributed by atoms with E-state index in [9.17, 15) is 14.4 Å². The van der Waals surface area contributed by atoms with Gasteiger partial charge in [0.15, 0.2) is 12.4 Å². The summed E-state index contributed by atoms with van der Waals surface area (Å²) in [5.74, 6) is -2.71. The third-order valence-corrected chi connectivity index (χ3v) is 15.7. The summed E-state index contributed by atoms with van der Waals surface area (Å²) in [7, 11) is 3.47. The van der Waals surface area contributed by atoms with Gasteiger partial charge in [-0.3, -0.25) is 28.9 Å². The van der Waals surface area contributed by atoms with E-state index < -0.39 is 30.0 Å². The molecule has 0 bridgehead atoms. The molecule has 3 N–H and O–H groups in total. The van der Waals surface area contributed by atoms with Crippen molar-refractivity contribution in [2.75, 3.05) is 72.9 Å². The van der Waals surface area contributed by atoms with Crippen molar-refractivity contribution in [1.82, 2.24) is 39.5 Å². The molecule has 0 radical (unpaired) electrons. The van der Waals surface area contributed by atoms with Gasteiger partial charge in [0.1, 0.15) is 10.7 Å². The number of hydrogen-bond acceptors (Lipinski definition) is 13. The third kappa shape index (κ3) is 7.96. The van der Waals surface area contributed by atoms with E-state index in [1.54, 1.807) is 25.5 Å². The number of carbonyl (C=O) groups is 2. The van der Waals surface area contributed by atoms with Gasteiger partial charge >= 0.3 is 5.92 Å². The fourth-order valence-corrected chi connectivity index (χ4v) is 11.3. The Kier molecular flexibility index (Phi) is 10.8. The van der Waals surface area contributed by atoms with Crippen LogP contribution in [0.2, 0.25) is 5.02 Å². The largest absolute Gasteiger partial charge is 0.480 e. The lowest BCUT2D eigenvalue weighted by Crippen LogP contribution is -2.48. The zero-order valence-corrected chi connectivity index (χ0v) is 38.0. The molecule has 4 aromatic heterocycles. The number of amides is 2. The molecule has 11 rings (SSSR count). The molecule has 5 fully saturated rings. The standard InChI is InChI=1S/C47H55ClF2N12O4/c1-58-42-33(38-39(44(58)65)66-26-47(49,50)40(55-38)28-3-4-28)21-29(23-51-42)53-41-34(48)24-52-45(56-41)62-19-13-46(14-20-62)11-17-60(18-12-46)25-27-9-15-61(16-10-27)30-5-6-31-35(22-30)59(2)57-37(31)32-7-8-36(63)54-43(32)64/h5-6,21-24,27-28,32,40,55H,3-4,7-20,25-26H2,1-2H3,(H,52,53,56)(H,54,63,64). The topological polar surface area (TPSA) is 168 Å². The second-order valence-electron chi connectivity index (χ2n) is 19.6. The van der Waals surface area contributed by atoms with Gasteiger partial charge in [-0.15, -0.1) is 0 Å². The average Bonchev–Trinajstić information content (AvgIpc) is 4.12. The fourth-order valence-electron chi connectivity index (χ4n) is 11.2. The molecule has 9 heterocycles. The first-order valence-corrected chi connectivity index (χ1v) is 23.8. The molecule has 1 aromatic carbocycles. The van der Waals surface area contributed by atoms with Gasteiger partial charge in [-0.05, 0) is 112 Å². The minimum Gasteiger partial charge on any atom is -0.480 e. The number of nitrogens with zero attached hydrogens (tertiary/aromatic N) is 9. The number of likely N-dealkylation sites (tertiary alicyclic amines) is 1. The Bertz CT molecular complexity index is 2790. The van der Waals surface area contributed by atoms with E-state index >= 15 is 8.78 Å². The maximum atomic E-state index is 15.2. The number of hydrogen-bond donors (Lipinski definition) is 3. The van der Waals surface area contributed by atoms with E-state index in [1.165, 1.54) is 23.1 Å². The number of ether oxygens (including phenoxy) is 1. The fraction of sp³-hybridized carbons (Fsp3) is 0.553. The summed E-state index contributed by atoms with van der Waals surface area (Å²) in [6.45, 7) is 6.19. The number of pyridine rings is 2. The van der Waals surface area contributed by atoms with Crippen molar-refractivity contribution in [3.05, 3.63) is 57.7 Å². The summed E-state index contributed by atoms with van der Waals surface area (Å²) >= 11 is 6.65. The smallest absolute Gasteiger partial charge is 0.301 e. The Morgan fingerprint density at radius 2 is 1.65 bits per heavy atom. The van der Waals surface area contributed by atoms with Gasteiger partial charge in [-0.2, -0.15) is 10.1 Å². The van der Waals surface area contributed by atoms with Crippen molar-refractivity contribution in [2.45, 2.75) is 82.1 Å². The highest BCUT2D eigenvalue weighted by Crippen LogP contribution is 2.46. The van der Waals surface area contributed by atoms with Crippen LogP contribution in [0.4, 0.5) is 37.6 Å². The normalized spacial score (nSPS) is 23.7. The van der Waals surface area contributed by atoms with Crippen LogP contribution in [0.25, 0.3) is 21.9 Å². The van der Waals surface area contributed by atoms with Crippen LogP contribution in [0.5, 0.6) is 5.75 Å². The van der Waals surface area contributed by atoms with E-state index in [0.717, 1.165) is 88.1 Å². The number of piperidine rings is 4. The number of anilines is 5. The number of benzene rings is 1. The Balaban J connectivity index is 0.686. The summed E-state index contributed by atoms with van der Waals surface area (Å²) in [6.07, 6.45) is 12.2. The first-order valence-electron chi connectivity index (χ1n) is 23.4. The Hall–Kier alpha value is -5.62. The number of aryl methyl sites for hydroxylation is 2. The van der Waals surface area contributed by atoms with Crippen LogP contribution in [0.15, 0.2) is 41.5 Å². The number of alkyl halides is 2. The molecule has 1 spiro atoms. The molecule has 66 heavy (non-hydrogen) atoms. The van der Waals surface area contributed by atoms with Crippen molar-refractivity contribution in [1.29, 1.82) is 0 Å². The molecule has 1 saturated carbocycles. The van der Waals surface area contributed by atoms with Gasteiger partial charge in [-0.1, -0.05) is 11.6 Å². The van der Waals surface area contributed by atoms with Gasteiger partial charge in [0, 0.05) is 69.7 Å². The van der Waals surface area contributed by atoms with Gasteiger partial charge < -0.3 is 30.1 Å². The number of rotatable bonds is 8. The van der Waals surface area contributed by atoms with Crippen LogP contribution in [0.3, 0.4) is 0 Å². The highest BCUT2D eigenvalue weighted by molar-refractivity contribution is 6.33. The number of carbonyl (C=O) groups excluding carboxylic acids is 2. The maximum Gasteiger partial charge on any atom is 0.301 e. The number of nitrogens with one attached hydrogen (secondary N) is 3. The second-order valence-corrected chi connectivity index (χ2v) is 20.0. The van der Waals surface area contributed by atoms with Crippen molar-refractivity contribution < 1.29 is 23.1 Å². The predicted molar refractivity (Wildman–Crippen MR) is 248 cm³/mol. The minimum absolute atomic E-state index is 0.137. The third-order valence-electron chi connectivity index (χ3n) is 15.4. The summed E-state index contributed by atoms with van der Waals surface area (Å²) in [5.41, 5.74) is 3.80. The van der Waals surface area contributed by atoms with Crippen LogP contribution in [-0.2, 0) is 23.7 Å². The number of halogens is 3. The van der Waals surface area contributed by atoms with Crippen LogP contribution in [0, 0.1) is 17.3 Å². The van der Waals surface area contributed by atoms with Gasteiger partial charge in [0.2, 0.25) is 23.5 Å². The summed E-state index contributed by atoms with van der Waals surface area (Å²) < 4.78 is 39.1. The van der Waals surface area contributed by atoms with Gasteiger partial charge in [0.25, 0.3) is 5.56 Å². The summed E-state index contributed by atoms with van der Waals surface area (Å²) in [6, 6.07) is 7.05. The Morgan fingerprint density at radius 1 is 0.894 bits per heavy atom. The second kappa shape index (κ2) is 16.6.